The molecule has 16 heavy (non-hydrogen) atoms. The first-order chi connectivity index (χ1) is 7.93. The Balaban J connectivity index is 2.04. The number of nitrogens with one attached hydrogen (secondary N) is 2. The standard InChI is InChI=1S/C9H7N7/c1-2-6(9-7(3-1)12-16-14-9)11-8-4-5-10-15-13-8/h1-5H,(H,10,11,13)(H,12,14,16). The molecule has 0 fully saturated rings. The molecule has 0 aliphatic carbocycles. The van der Waals surface area contributed by atoms with Crippen LogP contribution in [0.4, 0.5) is 11.5 Å². The number of aromatic nitrogens is 6. The summed E-state index contributed by atoms with van der Waals surface area (Å²) in [5.41, 5.74) is 2.46. The summed E-state index contributed by atoms with van der Waals surface area (Å²) in [5.74, 6) is 0.616. The molecule has 7 nitrogen and oxygen atoms in total. The lowest BCUT2D eigenvalue weighted by molar-refractivity contribution is 0.871. The number of hydrogen-bond acceptors (Lipinski definition) is 6. The maximum atomic E-state index is 3.98. The van der Waals surface area contributed by atoms with E-state index in [4.69, 9.17) is 0 Å². The third-order valence-electron chi connectivity index (χ3n) is 2.12. The molecule has 3 rings (SSSR count). The fraction of sp³-hybridized carbons (Fsp3) is 0. The zero-order valence-corrected chi connectivity index (χ0v) is 8.12. The van der Waals surface area contributed by atoms with Crippen molar-refractivity contribution in [2.75, 3.05) is 5.32 Å². The molecule has 0 saturated carbocycles. The fourth-order valence-electron chi connectivity index (χ4n) is 1.42. The van der Waals surface area contributed by atoms with Gasteiger partial charge in [-0.2, -0.15) is 0 Å². The normalized spacial score (nSPS) is 10.5. The van der Waals surface area contributed by atoms with Crippen LogP contribution in [0.3, 0.4) is 0 Å². The van der Waals surface area contributed by atoms with Crippen molar-refractivity contribution in [2.45, 2.75) is 0 Å². The van der Waals surface area contributed by atoms with Gasteiger partial charge in [0.05, 0.1) is 17.4 Å². The van der Waals surface area contributed by atoms with Crippen molar-refractivity contribution in [1.82, 2.24) is 30.8 Å². The second-order valence-electron chi connectivity index (χ2n) is 3.14. The molecule has 0 spiro atoms. The molecule has 7 heteroatoms. The highest BCUT2D eigenvalue weighted by Gasteiger charge is 2.04. The van der Waals surface area contributed by atoms with E-state index in [2.05, 4.69) is 36.1 Å². The van der Waals surface area contributed by atoms with Crippen LogP contribution in [0.2, 0.25) is 0 Å². The van der Waals surface area contributed by atoms with E-state index in [-0.39, 0.29) is 0 Å². The van der Waals surface area contributed by atoms with Gasteiger partial charge in [0.1, 0.15) is 5.52 Å². The van der Waals surface area contributed by atoms with E-state index in [0.717, 1.165) is 16.7 Å². The lowest BCUT2D eigenvalue weighted by Gasteiger charge is -2.03. The summed E-state index contributed by atoms with van der Waals surface area (Å²) in [4.78, 5) is 0. The van der Waals surface area contributed by atoms with E-state index < -0.39 is 0 Å². The van der Waals surface area contributed by atoms with Crippen LogP contribution in [-0.4, -0.2) is 30.8 Å². The highest BCUT2D eigenvalue weighted by molar-refractivity contribution is 5.88. The van der Waals surface area contributed by atoms with Gasteiger partial charge in [0.25, 0.3) is 0 Å². The zero-order valence-electron chi connectivity index (χ0n) is 8.12. The van der Waals surface area contributed by atoms with Gasteiger partial charge in [0.2, 0.25) is 0 Å². The van der Waals surface area contributed by atoms with Crippen LogP contribution in [0.15, 0.2) is 30.5 Å². The minimum Gasteiger partial charge on any atom is -0.337 e. The SMILES string of the molecule is c1cc(Nc2ccnnn2)c2nn[nH]c2c1. The topological polar surface area (TPSA) is 92.3 Å². The van der Waals surface area contributed by atoms with Crippen LogP contribution >= 0.6 is 0 Å². The second-order valence-corrected chi connectivity index (χ2v) is 3.14. The first-order valence-corrected chi connectivity index (χ1v) is 4.65. The Kier molecular flexibility index (Phi) is 1.93. The number of anilines is 2. The highest BCUT2D eigenvalue weighted by Crippen LogP contribution is 2.21. The van der Waals surface area contributed by atoms with E-state index in [1.807, 2.05) is 18.2 Å². The minimum atomic E-state index is 0.616. The molecule has 1 aromatic carbocycles. The molecule has 0 amide bonds. The monoisotopic (exact) mass is 213 g/mol. The summed E-state index contributed by atoms with van der Waals surface area (Å²) in [7, 11) is 0. The van der Waals surface area contributed by atoms with Crippen LogP contribution in [-0.2, 0) is 0 Å². The molecule has 0 atom stereocenters. The van der Waals surface area contributed by atoms with Crippen molar-refractivity contribution < 1.29 is 0 Å². The zero-order chi connectivity index (χ0) is 10.8. The third kappa shape index (κ3) is 1.44. The lowest BCUT2D eigenvalue weighted by Crippen LogP contribution is -1.96. The highest BCUT2D eigenvalue weighted by atomic mass is 15.3. The van der Waals surface area contributed by atoms with Gasteiger partial charge in [-0.1, -0.05) is 11.3 Å². The van der Waals surface area contributed by atoms with Crippen molar-refractivity contribution in [3.05, 3.63) is 30.5 Å². The largest absolute Gasteiger partial charge is 0.337 e. The molecular weight excluding hydrogens is 206 g/mol. The van der Waals surface area contributed by atoms with E-state index in [0.29, 0.717) is 5.82 Å². The van der Waals surface area contributed by atoms with E-state index in [1.165, 1.54) is 0 Å². The Morgan fingerprint density at radius 3 is 3.00 bits per heavy atom. The molecule has 0 bridgehead atoms. The Bertz CT molecular complexity index is 603. The van der Waals surface area contributed by atoms with Gasteiger partial charge >= 0.3 is 0 Å². The molecule has 2 heterocycles. The average molecular weight is 213 g/mol. The van der Waals surface area contributed by atoms with Crippen LogP contribution in [0.1, 0.15) is 0 Å². The van der Waals surface area contributed by atoms with Crippen molar-refractivity contribution >= 4 is 22.5 Å². The molecular formula is C9H7N7. The van der Waals surface area contributed by atoms with Crippen LogP contribution in [0.5, 0.6) is 0 Å². The number of nitrogens with zero attached hydrogens (tertiary/aromatic N) is 5. The van der Waals surface area contributed by atoms with Gasteiger partial charge in [-0.15, -0.1) is 15.3 Å². The quantitative estimate of drug-likeness (QED) is 0.656. The van der Waals surface area contributed by atoms with Crippen molar-refractivity contribution in [3.63, 3.8) is 0 Å². The lowest BCUT2D eigenvalue weighted by atomic mass is 10.2. The number of aromatic amines is 1. The van der Waals surface area contributed by atoms with E-state index in [9.17, 15) is 0 Å². The second kappa shape index (κ2) is 3.54. The predicted octanol–water partition coefficient (Wildman–Crippen LogP) is 0.886. The Labute approximate surface area is 89.9 Å². The molecule has 0 unspecified atom stereocenters. The summed E-state index contributed by atoms with van der Waals surface area (Å²) in [6, 6.07) is 7.43. The molecule has 2 N–H and O–H groups in total. The summed E-state index contributed by atoms with van der Waals surface area (Å²) in [6.07, 6.45) is 1.57. The van der Waals surface area contributed by atoms with Gasteiger partial charge in [-0.25, -0.2) is 0 Å². The first-order valence-electron chi connectivity index (χ1n) is 4.65. The molecule has 3 aromatic rings. The first kappa shape index (κ1) is 8.72. The maximum Gasteiger partial charge on any atom is 0.156 e. The Morgan fingerprint density at radius 2 is 2.12 bits per heavy atom. The minimum absolute atomic E-state index is 0.616. The van der Waals surface area contributed by atoms with Crippen LogP contribution in [0, 0.1) is 0 Å². The number of H-pyrrole nitrogens is 1. The smallest absolute Gasteiger partial charge is 0.156 e. The van der Waals surface area contributed by atoms with Gasteiger partial charge in [0.15, 0.2) is 5.82 Å². The molecule has 2 aromatic heterocycles. The van der Waals surface area contributed by atoms with Gasteiger partial charge in [0, 0.05) is 6.07 Å². The summed E-state index contributed by atoms with van der Waals surface area (Å²) in [5, 5.41) is 24.6. The molecule has 0 aliphatic rings. The number of rotatable bonds is 2. The number of fused-ring (bicyclic) bond motifs is 1. The van der Waals surface area contributed by atoms with Crippen LogP contribution < -0.4 is 5.32 Å². The van der Waals surface area contributed by atoms with Gasteiger partial charge in [-0.3, -0.25) is 5.10 Å². The van der Waals surface area contributed by atoms with E-state index in [1.54, 1.807) is 12.3 Å². The van der Waals surface area contributed by atoms with Gasteiger partial charge in [-0.05, 0) is 17.3 Å². The maximum absolute atomic E-state index is 3.98. The predicted molar refractivity (Wildman–Crippen MR) is 57.0 cm³/mol. The van der Waals surface area contributed by atoms with Gasteiger partial charge < -0.3 is 5.32 Å². The number of hydrogen-bond donors (Lipinski definition) is 2. The van der Waals surface area contributed by atoms with Crippen molar-refractivity contribution in [3.8, 4) is 0 Å². The molecule has 78 valence electrons. The van der Waals surface area contributed by atoms with Crippen molar-refractivity contribution in [2.24, 2.45) is 0 Å². The third-order valence-corrected chi connectivity index (χ3v) is 2.12. The Morgan fingerprint density at radius 1 is 1.12 bits per heavy atom. The number of benzene rings is 1. The molecule has 0 radical (unpaired) electrons. The Hall–Kier alpha value is -2.57. The molecule has 0 saturated heterocycles. The van der Waals surface area contributed by atoms with Crippen molar-refractivity contribution in [1.29, 1.82) is 0 Å². The summed E-state index contributed by atoms with van der Waals surface area (Å²) < 4.78 is 0. The fourth-order valence-corrected chi connectivity index (χ4v) is 1.42. The average Bonchev–Trinajstić information content (AvgIpc) is 2.80. The van der Waals surface area contributed by atoms with E-state index >= 15 is 0 Å². The summed E-state index contributed by atoms with van der Waals surface area (Å²) in [6.45, 7) is 0. The summed E-state index contributed by atoms with van der Waals surface area (Å²) >= 11 is 0. The molecule has 0 aliphatic heterocycles. The van der Waals surface area contributed by atoms with Crippen LogP contribution in [0.25, 0.3) is 11.0 Å².